The monoisotopic (exact) mass is 317 g/mol. The van der Waals surface area contributed by atoms with Crippen LogP contribution in [0.5, 0.6) is 5.75 Å². The summed E-state index contributed by atoms with van der Waals surface area (Å²) in [5, 5.41) is 20.7. The lowest BCUT2D eigenvalue weighted by Gasteiger charge is -2.27. The zero-order chi connectivity index (χ0) is 17.6. The van der Waals surface area contributed by atoms with Crippen LogP contribution in [-0.2, 0) is 5.41 Å². The average Bonchev–Trinajstić information content (AvgIpc) is 2.63. The van der Waals surface area contributed by atoms with Gasteiger partial charge in [0.05, 0.1) is 12.8 Å². The summed E-state index contributed by atoms with van der Waals surface area (Å²) in [6.45, 7) is 4.31. The molecule has 0 aliphatic heterocycles. The number of rotatable bonds is 5. The van der Waals surface area contributed by atoms with Crippen LogP contribution in [0, 0.1) is 22.7 Å². The van der Waals surface area contributed by atoms with Gasteiger partial charge in [0.1, 0.15) is 23.5 Å². The molecule has 24 heavy (non-hydrogen) atoms. The van der Waals surface area contributed by atoms with Gasteiger partial charge in [-0.2, -0.15) is 10.5 Å². The van der Waals surface area contributed by atoms with Crippen molar-refractivity contribution in [3.05, 3.63) is 71.4 Å². The summed E-state index contributed by atoms with van der Waals surface area (Å²) in [6, 6.07) is 19.8. The van der Waals surface area contributed by atoms with Crippen molar-refractivity contribution in [3.8, 4) is 17.9 Å². The fraction of sp³-hybridized carbons (Fsp3) is 0.200. The normalized spacial score (nSPS) is 10.2. The Bertz CT molecular complexity index is 808. The predicted molar refractivity (Wildman–Crippen MR) is 94.5 cm³/mol. The van der Waals surface area contributed by atoms with Gasteiger partial charge >= 0.3 is 0 Å². The molecule has 2 rings (SSSR count). The topological polar surface area (TPSA) is 68.8 Å². The Morgan fingerprint density at radius 3 is 2.29 bits per heavy atom. The first kappa shape index (κ1) is 17.1. The average molecular weight is 317 g/mol. The smallest absolute Gasteiger partial charge is 0.145 e. The number of ether oxygens (including phenoxy) is 1. The Kier molecular flexibility index (Phi) is 5.24. The summed E-state index contributed by atoms with van der Waals surface area (Å²) in [7, 11) is 1.59. The van der Waals surface area contributed by atoms with Crippen molar-refractivity contribution in [1.29, 1.82) is 10.5 Å². The lowest BCUT2D eigenvalue weighted by atomic mass is 9.78. The minimum atomic E-state index is -0.193. The first-order valence-corrected chi connectivity index (χ1v) is 7.54. The lowest BCUT2D eigenvalue weighted by Crippen LogP contribution is -2.19. The highest BCUT2D eigenvalue weighted by molar-refractivity contribution is 5.62. The Balaban J connectivity index is 2.44. The number of methoxy groups -OCH3 is 1. The van der Waals surface area contributed by atoms with E-state index in [-0.39, 0.29) is 11.0 Å². The summed E-state index contributed by atoms with van der Waals surface area (Å²) < 4.78 is 5.36. The van der Waals surface area contributed by atoms with Crippen LogP contribution in [0.15, 0.2) is 60.3 Å². The molecular weight excluding hydrogens is 298 g/mol. The highest BCUT2D eigenvalue weighted by Gasteiger charge is 2.23. The standard InChI is InChI=1S/C20H19N3O/c1-20(2,16-7-5-4-6-8-16)17-9-10-19(24-3)18(11-17)23-14-15(12-21)13-22/h4-11,14,23H,1-3H3. The third kappa shape index (κ3) is 3.56. The summed E-state index contributed by atoms with van der Waals surface area (Å²) >= 11 is 0. The van der Waals surface area contributed by atoms with Gasteiger partial charge in [0.2, 0.25) is 0 Å². The van der Waals surface area contributed by atoms with Crippen LogP contribution in [0.25, 0.3) is 0 Å². The molecule has 4 nitrogen and oxygen atoms in total. The van der Waals surface area contributed by atoms with Crippen LogP contribution in [0.4, 0.5) is 5.69 Å². The molecule has 0 aliphatic rings. The zero-order valence-corrected chi connectivity index (χ0v) is 14.0. The van der Waals surface area contributed by atoms with Gasteiger partial charge in [-0.25, -0.2) is 0 Å². The molecule has 0 saturated carbocycles. The van der Waals surface area contributed by atoms with E-state index in [1.807, 2.05) is 48.5 Å². The van der Waals surface area contributed by atoms with Gasteiger partial charge in [0.15, 0.2) is 0 Å². The SMILES string of the molecule is COc1ccc(C(C)(C)c2ccccc2)cc1NC=C(C#N)C#N. The fourth-order valence-corrected chi connectivity index (χ4v) is 2.47. The third-order valence-electron chi connectivity index (χ3n) is 4.03. The van der Waals surface area contributed by atoms with Crippen molar-refractivity contribution in [2.45, 2.75) is 19.3 Å². The van der Waals surface area contributed by atoms with Crippen molar-refractivity contribution in [2.24, 2.45) is 0 Å². The Labute approximate surface area is 142 Å². The van der Waals surface area contributed by atoms with E-state index in [2.05, 4.69) is 31.3 Å². The minimum Gasteiger partial charge on any atom is -0.495 e. The molecule has 0 bridgehead atoms. The Hall–Kier alpha value is -3.24. The molecule has 0 unspecified atom stereocenters. The van der Waals surface area contributed by atoms with E-state index in [4.69, 9.17) is 15.3 Å². The lowest BCUT2D eigenvalue weighted by molar-refractivity contribution is 0.416. The van der Waals surface area contributed by atoms with Gasteiger partial charge in [0.25, 0.3) is 0 Å². The maximum absolute atomic E-state index is 8.85. The molecule has 1 N–H and O–H groups in total. The molecule has 0 amide bonds. The molecule has 0 aromatic heterocycles. The number of anilines is 1. The van der Waals surface area contributed by atoms with Gasteiger partial charge in [-0.1, -0.05) is 50.2 Å². The van der Waals surface area contributed by atoms with E-state index in [0.29, 0.717) is 11.4 Å². The van der Waals surface area contributed by atoms with Crippen molar-refractivity contribution in [2.75, 3.05) is 12.4 Å². The van der Waals surface area contributed by atoms with Gasteiger partial charge in [0, 0.05) is 11.6 Å². The quantitative estimate of drug-likeness (QED) is 0.832. The molecule has 120 valence electrons. The molecule has 0 aliphatic carbocycles. The second-order valence-corrected chi connectivity index (χ2v) is 5.83. The molecular formula is C20H19N3O. The number of benzene rings is 2. The predicted octanol–water partition coefficient (Wildman–Crippen LogP) is 4.36. The molecule has 0 saturated heterocycles. The molecule has 0 spiro atoms. The number of allylic oxidation sites excluding steroid dienone is 1. The maximum atomic E-state index is 8.85. The van der Waals surface area contributed by atoms with Crippen LogP contribution in [0.2, 0.25) is 0 Å². The van der Waals surface area contributed by atoms with E-state index in [1.165, 1.54) is 11.8 Å². The van der Waals surface area contributed by atoms with E-state index < -0.39 is 0 Å². The Morgan fingerprint density at radius 2 is 1.71 bits per heavy atom. The highest BCUT2D eigenvalue weighted by Crippen LogP contribution is 2.36. The fourth-order valence-electron chi connectivity index (χ4n) is 2.47. The van der Waals surface area contributed by atoms with Crippen molar-refractivity contribution < 1.29 is 4.74 Å². The van der Waals surface area contributed by atoms with Crippen LogP contribution in [0.1, 0.15) is 25.0 Å². The molecule has 0 heterocycles. The van der Waals surface area contributed by atoms with E-state index in [1.54, 1.807) is 7.11 Å². The number of hydrogen-bond donors (Lipinski definition) is 1. The van der Waals surface area contributed by atoms with Crippen LogP contribution >= 0.6 is 0 Å². The van der Waals surface area contributed by atoms with Crippen LogP contribution in [-0.4, -0.2) is 7.11 Å². The van der Waals surface area contributed by atoms with E-state index in [0.717, 1.165) is 5.56 Å². The maximum Gasteiger partial charge on any atom is 0.145 e. The molecule has 0 atom stereocenters. The molecule has 4 heteroatoms. The number of nitrogens with zero attached hydrogens (tertiary/aromatic N) is 2. The zero-order valence-electron chi connectivity index (χ0n) is 14.0. The highest BCUT2D eigenvalue weighted by atomic mass is 16.5. The number of hydrogen-bond acceptors (Lipinski definition) is 4. The van der Waals surface area contributed by atoms with Crippen LogP contribution in [0.3, 0.4) is 0 Å². The summed E-state index contributed by atoms with van der Waals surface area (Å²) in [5.41, 5.74) is 2.82. The second-order valence-electron chi connectivity index (χ2n) is 5.83. The van der Waals surface area contributed by atoms with Gasteiger partial charge in [-0.15, -0.1) is 0 Å². The second kappa shape index (κ2) is 7.35. The molecule has 0 radical (unpaired) electrons. The number of nitrogens with one attached hydrogen (secondary N) is 1. The van der Waals surface area contributed by atoms with Crippen LogP contribution < -0.4 is 10.1 Å². The van der Waals surface area contributed by atoms with Gasteiger partial charge in [-0.05, 0) is 23.3 Å². The minimum absolute atomic E-state index is 0.00442. The third-order valence-corrected chi connectivity index (χ3v) is 4.03. The molecule has 0 fully saturated rings. The van der Waals surface area contributed by atoms with Gasteiger partial charge in [-0.3, -0.25) is 0 Å². The van der Waals surface area contributed by atoms with Crippen molar-refractivity contribution in [3.63, 3.8) is 0 Å². The first-order chi connectivity index (χ1) is 11.5. The van der Waals surface area contributed by atoms with Crippen molar-refractivity contribution in [1.82, 2.24) is 0 Å². The van der Waals surface area contributed by atoms with E-state index in [9.17, 15) is 0 Å². The summed E-state index contributed by atoms with van der Waals surface area (Å²) in [4.78, 5) is 0. The largest absolute Gasteiger partial charge is 0.495 e. The molecule has 2 aromatic carbocycles. The van der Waals surface area contributed by atoms with E-state index >= 15 is 0 Å². The summed E-state index contributed by atoms with van der Waals surface area (Å²) in [6.07, 6.45) is 1.39. The first-order valence-electron chi connectivity index (χ1n) is 7.54. The molecule has 2 aromatic rings. The Morgan fingerprint density at radius 1 is 1.04 bits per heavy atom. The van der Waals surface area contributed by atoms with Gasteiger partial charge < -0.3 is 10.1 Å². The van der Waals surface area contributed by atoms with Crippen molar-refractivity contribution >= 4 is 5.69 Å². The number of nitriles is 2. The summed E-state index contributed by atoms with van der Waals surface area (Å²) in [5.74, 6) is 0.647.